The van der Waals surface area contributed by atoms with Crippen LogP contribution in [0.3, 0.4) is 0 Å². The lowest BCUT2D eigenvalue weighted by molar-refractivity contribution is -0.152. The average molecular weight is 386 g/mol. The number of halogens is 1. The number of hydrogen-bond donors (Lipinski definition) is 3. The van der Waals surface area contributed by atoms with Gasteiger partial charge in [-0.2, -0.15) is 0 Å². The molecule has 25 heavy (non-hydrogen) atoms. The van der Waals surface area contributed by atoms with Crippen molar-refractivity contribution >= 4 is 46.9 Å². The van der Waals surface area contributed by atoms with Crippen LogP contribution in [0.15, 0.2) is 29.0 Å². The Bertz CT molecular complexity index is 793. The van der Waals surface area contributed by atoms with Crippen LogP contribution in [0.25, 0.3) is 0 Å². The number of hydrogen-bond acceptors (Lipinski definition) is 6. The average Bonchev–Trinajstić information content (AvgIpc) is 3.05. The van der Waals surface area contributed by atoms with E-state index in [-0.39, 0.29) is 5.75 Å². The molecular weight excluding hydrogens is 375 g/mol. The van der Waals surface area contributed by atoms with Gasteiger partial charge in [-0.1, -0.05) is 6.07 Å². The molecule has 1 aromatic heterocycles. The third-order valence-electron chi connectivity index (χ3n) is 3.76. The Hall–Kier alpha value is -2.40. The Balaban J connectivity index is 1.77. The number of rotatable bonds is 5. The lowest BCUT2D eigenvalue weighted by atomic mass is 10.0. The van der Waals surface area contributed by atoms with Crippen molar-refractivity contribution in [1.29, 1.82) is 0 Å². The van der Waals surface area contributed by atoms with Crippen LogP contribution < -0.4 is 5.32 Å². The summed E-state index contributed by atoms with van der Waals surface area (Å²) >= 11 is 2.05. The SMILES string of the molecule is O=C(O)C1=C(F)CS[C@H]2C(NC(=O)C(C(=O)O)c3cccs3)C(=O)N12. The van der Waals surface area contributed by atoms with Gasteiger partial charge in [-0.3, -0.25) is 19.3 Å². The van der Waals surface area contributed by atoms with Gasteiger partial charge in [0.1, 0.15) is 17.2 Å². The van der Waals surface area contributed by atoms with Crippen LogP contribution in [-0.2, 0) is 19.2 Å². The summed E-state index contributed by atoms with van der Waals surface area (Å²) in [7, 11) is 0. The smallest absolute Gasteiger partial charge is 0.355 e. The number of carboxylic acids is 2. The Labute approximate surface area is 148 Å². The number of fused-ring (bicyclic) bond motifs is 1. The lowest BCUT2D eigenvalue weighted by Gasteiger charge is -2.48. The second kappa shape index (κ2) is 6.48. The largest absolute Gasteiger partial charge is 0.480 e. The number of nitrogens with zero attached hydrogens (tertiary/aromatic N) is 1. The number of thiophene rings is 1. The summed E-state index contributed by atoms with van der Waals surface area (Å²) in [6.07, 6.45) is 0. The van der Waals surface area contributed by atoms with Crippen molar-refractivity contribution in [3.05, 3.63) is 33.9 Å². The molecule has 0 aliphatic carbocycles. The molecule has 8 nitrogen and oxygen atoms in total. The van der Waals surface area contributed by atoms with Crippen LogP contribution in [0.5, 0.6) is 0 Å². The number of nitrogens with one attached hydrogen (secondary N) is 1. The van der Waals surface area contributed by atoms with Gasteiger partial charge >= 0.3 is 11.9 Å². The molecule has 0 spiro atoms. The van der Waals surface area contributed by atoms with Crippen LogP contribution in [0.2, 0.25) is 0 Å². The summed E-state index contributed by atoms with van der Waals surface area (Å²) in [6.45, 7) is 0. The van der Waals surface area contributed by atoms with Crippen molar-refractivity contribution in [3.63, 3.8) is 0 Å². The second-order valence-electron chi connectivity index (χ2n) is 5.24. The summed E-state index contributed by atoms with van der Waals surface area (Å²) in [6, 6.07) is 2.00. The summed E-state index contributed by atoms with van der Waals surface area (Å²) in [4.78, 5) is 48.1. The number of β-lactam (4-membered cyclic amide) rings is 1. The van der Waals surface area contributed by atoms with Gasteiger partial charge in [0.15, 0.2) is 11.6 Å². The molecule has 0 bridgehead atoms. The molecule has 3 N–H and O–H groups in total. The minimum absolute atomic E-state index is 0.240. The van der Waals surface area contributed by atoms with Gasteiger partial charge in [0.05, 0.1) is 0 Å². The first-order chi connectivity index (χ1) is 11.8. The Morgan fingerprint density at radius 2 is 2.08 bits per heavy atom. The number of carboxylic acid groups (broad SMARTS) is 2. The standard InChI is InChI=1S/C14H11FN2O6S2/c15-5-4-25-12-8(11(19)17(12)9(5)14(22)23)16-10(18)7(13(20)21)6-2-1-3-24-6/h1-3,7-8,12H,4H2,(H,16,18)(H,20,21)(H,22,23)/t7?,8?,12-/m0/s1. The molecule has 0 saturated carbocycles. The van der Waals surface area contributed by atoms with Crippen molar-refractivity contribution in [2.75, 3.05) is 5.75 Å². The molecule has 1 fully saturated rings. The first-order valence-corrected chi connectivity index (χ1v) is 8.89. The van der Waals surface area contributed by atoms with E-state index in [0.29, 0.717) is 4.88 Å². The van der Waals surface area contributed by atoms with Crippen molar-refractivity contribution in [2.45, 2.75) is 17.3 Å². The number of thioether (sulfide) groups is 1. The van der Waals surface area contributed by atoms with Gasteiger partial charge in [0, 0.05) is 10.6 Å². The monoisotopic (exact) mass is 386 g/mol. The zero-order valence-corrected chi connectivity index (χ0v) is 14.0. The molecule has 2 unspecified atom stereocenters. The highest BCUT2D eigenvalue weighted by Crippen LogP contribution is 2.40. The van der Waals surface area contributed by atoms with Gasteiger partial charge < -0.3 is 15.5 Å². The van der Waals surface area contributed by atoms with Crippen molar-refractivity contribution in [3.8, 4) is 0 Å². The molecular formula is C14H11FN2O6S2. The predicted octanol–water partition coefficient (Wildman–Crippen LogP) is 0.582. The maximum atomic E-state index is 13.7. The normalized spacial score (nSPS) is 23.6. The van der Waals surface area contributed by atoms with E-state index in [2.05, 4.69) is 5.32 Å². The third kappa shape index (κ3) is 2.89. The van der Waals surface area contributed by atoms with Crippen LogP contribution >= 0.6 is 23.1 Å². The number of aliphatic carboxylic acids is 2. The van der Waals surface area contributed by atoms with Crippen LogP contribution in [0.4, 0.5) is 4.39 Å². The quantitative estimate of drug-likeness (QED) is 0.499. The van der Waals surface area contributed by atoms with E-state index >= 15 is 0 Å². The topological polar surface area (TPSA) is 124 Å². The maximum absolute atomic E-state index is 13.7. The molecule has 1 saturated heterocycles. The van der Waals surface area contributed by atoms with E-state index in [9.17, 15) is 28.7 Å². The number of carbonyl (C=O) groups excluding carboxylic acids is 2. The fourth-order valence-corrected chi connectivity index (χ4v) is 4.64. The summed E-state index contributed by atoms with van der Waals surface area (Å²) in [5.74, 6) is -7.22. The molecule has 11 heteroatoms. The fraction of sp³-hybridized carbons (Fsp3) is 0.286. The molecule has 3 heterocycles. The van der Waals surface area contributed by atoms with Crippen molar-refractivity contribution in [2.24, 2.45) is 0 Å². The highest BCUT2D eigenvalue weighted by Gasteiger charge is 2.55. The van der Waals surface area contributed by atoms with Crippen LogP contribution in [0.1, 0.15) is 10.8 Å². The van der Waals surface area contributed by atoms with E-state index in [4.69, 9.17) is 5.11 Å². The Kier molecular flexibility index (Phi) is 4.52. The molecule has 1 aromatic rings. The minimum Gasteiger partial charge on any atom is -0.480 e. The van der Waals surface area contributed by atoms with Gasteiger partial charge in [-0.15, -0.1) is 23.1 Å². The number of carbonyl (C=O) groups is 4. The molecule has 0 aromatic carbocycles. The Morgan fingerprint density at radius 3 is 2.64 bits per heavy atom. The molecule has 132 valence electrons. The lowest BCUT2D eigenvalue weighted by Crippen LogP contribution is -2.70. The third-order valence-corrected chi connectivity index (χ3v) is 5.94. The number of amides is 2. The zero-order valence-electron chi connectivity index (χ0n) is 12.3. The molecule has 0 radical (unpaired) electrons. The summed E-state index contributed by atoms with van der Waals surface area (Å²) in [5, 5.41) is 21.5. The zero-order chi connectivity index (χ0) is 18.3. The van der Waals surface area contributed by atoms with Crippen LogP contribution in [-0.4, -0.2) is 56.0 Å². The molecule has 3 rings (SSSR count). The fourth-order valence-electron chi connectivity index (χ4n) is 2.64. The van der Waals surface area contributed by atoms with Gasteiger partial charge in [0.25, 0.3) is 5.91 Å². The predicted molar refractivity (Wildman–Crippen MR) is 85.5 cm³/mol. The van der Waals surface area contributed by atoms with E-state index in [1.165, 1.54) is 6.07 Å². The van der Waals surface area contributed by atoms with Crippen molar-refractivity contribution < 1.29 is 33.8 Å². The molecule has 2 aliphatic heterocycles. The first kappa shape index (κ1) is 17.4. The highest BCUT2D eigenvalue weighted by atomic mass is 32.2. The van der Waals surface area contributed by atoms with Gasteiger partial charge in [-0.05, 0) is 11.4 Å². The minimum atomic E-state index is -1.57. The van der Waals surface area contributed by atoms with Gasteiger partial charge in [-0.25, -0.2) is 9.18 Å². The van der Waals surface area contributed by atoms with E-state index in [0.717, 1.165) is 28.0 Å². The molecule has 3 atom stereocenters. The van der Waals surface area contributed by atoms with Crippen LogP contribution in [0, 0.1) is 0 Å². The van der Waals surface area contributed by atoms with Crippen molar-refractivity contribution in [1.82, 2.24) is 10.2 Å². The van der Waals surface area contributed by atoms with E-state index in [1.807, 2.05) is 0 Å². The first-order valence-electron chi connectivity index (χ1n) is 6.96. The van der Waals surface area contributed by atoms with E-state index < -0.39 is 52.6 Å². The molecule has 2 aliphatic rings. The van der Waals surface area contributed by atoms with Gasteiger partial charge in [0.2, 0.25) is 5.91 Å². The summed E-state index contributed by atoms with van der Waals surface area (Å²) < 4.78 is 13.7. The second-order valence-corrected chi connectivity index (χ2v) is 7.33. The Morgan fingerprint density at radius 1 is 1.36 bits per heavy atom. The van der Waals surface area contributed by atoms with E-state index in [1.54, 1.807) is 11.4 Å². The molecule has 2 amide bonds. The summed E-state index contributed by atoms with van der Waals surface area (Å²) in [5.41, 5.74) is -0.729. The highest BCUT2D eigenvalue weighted by molar-refractivity contribution is 8.00. The maximum Gasteiger partial charge on any atom is 0.355 e.